The van der Waals surface area contributed by atoms with Crippen LogP contribution in [0.2, 0.25) is 0 Å². The molecule has 6 nitrogen and oxygen atoms in total. The standard InChI is InChI=1S/C18H24FN3O3/c19-16-6-2-1-4-14(16)12-20-8-10-21(11-9-20)18(25)22-7-3-5-15(13-22)17(23)24/h1-2,4,6,15H,3,5,7-13H2,(H,23,24). The molecule has 2 amide bonds. The van der Waals surface area contributed by atoms with Crippen LogP contribution in [0.3, 0.4) is 0 Å². The molecule has 1 atom stereocenters. The summed E-state index contributed by atoms with van der Waals surface area (Å²) in [6, 6.07) is 6.68. The molecular formula is C18H24FN3O3. The van der Waals surface area contributed by atoms with Crippen LogP contribution in [0, 0.1) is 11.7 Å². The topological polar surface area (TPSA) is 64.1 Å². The van der Waals surface area contributed by atoms with Crippen LogP contribution in [0.15, 0.2) is 24.3 Å². The molecule has 1 aromatic carbocycles. The molecule has 136 valence electrons. The lowest BCUT2D eigenvalue weighted by molar-refractivity contribution is -0.143. The number of carboxylic acids is 1. The number of piperazine rings is 1. The molecule has 1 N–H and O–H groups in total. The van der Waals surface area contributed by atoms with Crippen LogP contribution >= 0.6 is 0 Å². The maximum absolute atomic E-state index is 13.7. The van der Waals surface area contributed by atoms with Crippen molar-refractivity contribution in [1.82, 2.24) is 14.7 Å². The zero-order valence-electron chi connectivity index (χ0n) is 14.2. The zero-order valence-corrected chi connectivity index (χ0v) is 14.2. The van der Waals surface area contributed by atoms with E-state index < -0.39 is 11.9 Å². The molecule has 2 aliphatic heterocycles. The maximum atomic E-state index is 13.7. The quantitative estimate of drug-likeness (QED) is 0.905. The molecule has 0 aromatic heterocycles. The molecule has 25 heavy (non-hydrogen) atoms. The minimum absolute atomic E-state index is 0.0727. The molecule has 0 radical (unpaired) electrons. The summed E-state index contributed by atoms with van der Waals surface area (Å²) in [7, 11) is 0. The minimum atomic E-state index is -0.827. The number of rotatable bonds is 3. The van der Waals surface area contributed by atoms with Crippen LogP contribution in [-0.4, -0.2) is 71.1 Å². The molecule has 1 aromatic rings. The number of halogens is 1. The summed E-state index contributed by atoms with van der Waals surface area (Å²) in [6.07, 6.45) is 1.37. The molecule has 2 aliphatic rings. The highest BCUT2D eigenvalue weighted by Gasteiger charge is 2.31. The van der Waals surface area contributed by atoms with Crippen LogP contribution in [0.4, 0.5) is 9.18 Å². The molecule has 3 rings (SSSR count). The number of amides is 2. The van der Waals surface area contributed by atoms with Crippen molar-refractivity contribution in [3.8, 4) is 0 Å². The van der Waals surface area contributed by atoms with E-state index in [4.69, 9.17) is 5.11 Å². The molecule has 0 spiro atoms. The van der Waals surface area contributed by atoms with Gasteiger partial charge in [-0.25, -0.2) is 9.18 Å². The second-order valence-electron chi connectivity index (χ2n) is 6.76. The molecule has 2 saturated heterocycles. The van der Waals surface area contributed by atoms with Gasteiger partial charge in [0.1, 0.15) is 5.82 Å². The zero-order chi connectivity index (χ0) is 17.8. The Balaban J connectivity index is 1.51. The molecule has 0 bridgehead atoms. The highest BCUT2D eigenvalue weighted by atomic mass is 19.1. The van der Waals surface area contributed by atoms with E-state index in [1.807, 2.05) is 6.07 Å². The predicted octanol–water partition coefficient (Wildman–Crippen LogP) is 1.86. The predicted molar refractivity (Wildman–Crippen MR) is 90.6 cm³/mol. The van der Waals surface area contributed by atoms with Gasteiger partial charge in [0.2, 0.25) is 0 Å². The van der Waals surface area contributed by atoms with Gasteiger partial charge in [0, 0.05) is 51.4 Å². The Morgan fingerprint density at radius 3 is 2.48 bits per heavy atom. The van der Waals surface area contributed by atoms with Gasteiger partial charge >= 0.3 is 12.0 Å². The summed E-state index contributed by atoms with van der Waals surface area (Å²) in [4.78, 5) is 29.4. The lowest BCUT2D eigenvalue weighted by atomic mass is 9.98. The van der Waals surface area contributed by atoms with Crippen molar-refractivity contribution in [3.63, 3.8) is 0 Å². The third kappa shape index (κ3) is 4.28. The van der Waals surface area contributed by atoms with E-state index in [1.54, 1.807) is 21.9 Å². The number of aliphatic carboxylic acids is 1. The van der Waals surface area contributed by atoms with Gasteiger partial charge in [-0.1, -0.05) is 18.2 Å². The number of carbonyl (C=O) groups is 2. The number of hydrogen-bond donors (Lipinski definition) is 1. The van der Waals surface area contributed by atoms with E-state index in [9.17, 15) is 14.0 Å². The van der Waals surface area contributed by atoms with Gasteiger partial charge in [-0.2, -0.15) is 0 Å². The van der Waals surface area contributed by atoms with Crippen molar-refractivity contribution in [3.05, 3.63) is 35.6 Å². The number of benzene rings is 1. The Hall–Kier alpha value is -2.15. The third-order valence-corrected chi connectivity index (χ3v) is 5.04. The van der Waals surface area contributed by atoms with E-state index in [0.29, 0.717) is 57.8 Å². The number of urea groups is 1. The Kier molecular flexibility index (Phi) is 5.53. The highest BCUT2D eigenvalue weighted by molar-refractivity contribution is 5.76. The van der Waals surface area contributed by atoms with Crippen LogP contribution in [0.25, 0.3) is 0 Å². The van der Waals surface area contributed by atoms with Crippen LogP contribution in [0.1, 0.15) is 18.4 Å². The van der Waals surface area contributed by atoms with Gasteiger partial charge in [-0.15, -0.1) is 0 Å². The molecule has 0 saturated carbocycles. The van der Waals surface area contributed by atoms with Crippen molar-refractivity contribution in [2.45, 2.75) is 19.4 Å². The molecule has 2 heterocycles. The maximum Gasteiger partial charge on any atom is 0.320 e. The monoisotopic (exact) mass is 349 g/mol. The van der Waals surface area contributed by atoms with E-state index in [1.165, 1.54) is 6.07 Å². The van der Waals surface area contributed by atoms with Gasteiger partial charge in [0.05, 0.1) is 5.92 Å². The Labute approximate surface area is 146 Å². The third-order valence-electron chi connectivity index (χ3n) is 5.04. The number of carbonyl (C=O) groups excluding carboxylic acids is 1. The summed E-state index contributed by atoms with van der Waals surface area (Å²) in [5.74, 6) is -1.48. The number of piperidine rings is 1. The fourth-order valence-electron chi connectivity index (χ4n) is 3.52. The molecule has 7 heteroatoms. The van der Waals surface area contributed by atoms with Gasteiger partial charge in [0.25, 0.3) is 0 Å². The van der Waals surface area contributed by atoms with Gasteiger partial charge in [-0.3, -0.25) is 9.69 Å². The van der Waals surface area contributed by atoms with Crippen LogP contribution in [-0.2, 0) is 11.3 Å². The Morgan fingerprint density at radius 1 is 1.08 bits per heavy atom. The highest BCUT2D eigenvalue weighted by Crippen LogP contribution is 2.19. The summed E-state index contributed by atoms with van der Waals surface area (Å²) in [6.45, 7) is 4.01. The average molecular weight is 349 g/mol. The van der Waals surface area contributed by atoms with E-state index in [2.05, 4.69) is 4.90 Å². The van der Waals surface area contributed by atoms with Gasteiger partial charge in [-0.05, 0) is 18.9 Å². The number of likely N-dealkylation sites (tertiary alicyclic amines) is 1. The fraction of sp³-hybridized carbons (Fsp3) is 0.556. The average Bonchev–Trinajstić information content (AvgIpc) is 2.64. The fourth-order valence-corrected chi connectivity index (χ4v) is 3.52. The first-order chi connectivity index (χ1) is 12.0. The van der Waals surface area contributed by atoms with Gasteiger partial charge < -0.3 is 14.9 Å². The minimum Gasteiger partial charge on any atom is -0.481 e. The van der Waals surface area contributed by atoms with Crippen molar-refractivity contribution in [2.75, 3.05) is 39.3 Å². The lowest BCUT2D eigenvalue weighted by Gasteiger charge is -2.39. The summed E-state index contributed by atoms with van der Waals surface area (Å²) in [5.41, 5.74) is 0.669. The first kappa shape index (κ1) is 17.7. The van der Waals surface area contributed by atoms with E-state index >= 15 is 0 Å². The SMILES string of the molecule is O=C(O)C1CCCN(C(=O)N2CCN(Cc3ccccc3F)CC2)C1. The van der Waals surface area contributed by atoms with Crippen LogP contribution in [0.5, 0.6) is 0 Å². The van der Waals surface area contributed by atoms with Crippen molar-refractivity contribution in [2.24, 2.45) is 5.92 Å². The number of nitrogens with zero attached hydrogens (tertiary/aromatic N) is 3. The summed E-state index contributed by atoms with van der Waals surface area (Å²) in [5, 5.41) is 9.16. The van der Waals surface area contributed by atoms with Gasteiger partial charge in [0.15, 0.2) is 0 Å². The molecule has 0 aliphatic carbocycles. The first-order valence-electron chi connectivity index (χ1n) is 8.77. The molecule has 1 unspecified atom stereocenters. The normalized spacial score (nSPS) is 22.0. The summed E-state index contributed by atoms with van der Waals surface area (Å²) >= 11 is 0. The molecule has 2 fully saturated rings. The second kappa shape index (κ2) is 7.82. The lowest BCUT2D eigenvalue weighted by Crippen LogP contribution is -2.54. The Morgan fingerprint density at radius 2 is 1.80 bits per heavy atom. The number of hydrogen-bond acceptors (Lipinski definition) is 3. The van der Waals surface area contributed by atoms with Crippen molar-refractivity contribution < 1.29 is 19.1 Å². The molecular weight excluding hydrogens is 325 g/mol. The van der Waals surface area contributed by atoms with E-state index in [-0.39, 0.29) is 11.8 Å². The second-order valence-corrected chi connectivity index (χ2v) is 6.76. The smallest absolute Gasteiger partial charge is 0.320 e. The largest absolute Gasteiger partial charge is 0.481 e. The van der Waals surface area contributed by atoms with Crippen molar-refractivity contribution in [1.29, 1.82) is 0 Å². The van der Waals surface area contributed by atoms with Crippen molar-refractivity contribution >= 4 is 12.0 Å². The number of carboxylic acid groups (broad SMARTS) is 1. The first-order valence-corrected chi connectivity index (χ1v) is 8.77. The van der Waals surface area contributed by atoms with Crippen LogP contribution < -0.4 is 0 Å². The van der Waals surface area contributed by atoms with E-state index in [0.717, 1.165) is 6.42 Å². The Bertz CT molecular complexity index is 632. The summed E-state index contributed by atoms with van der Waals surface area (Å²) < 4.78 is 13.7.